The maximum absolute atomic E-state index is 12.3. The minimum Gasteiger partial charge on any atom is -0.354 e. The van der Waals surface area contributed by atoms with Crippen molar-refractivity contribution in [3.63, 3.8) is 0 Å². The molecular formula is C17H25ClN2O3S. The Morgan fingerprint density at radius 1 is 1.29 bits per heavy atom. The molecule has 1 aliphatic rings. The molecule has 1 amide bonds. The number of carbonyl (C=O) groups excluding carboxylic acids is 1. The van der Waals surface area contributed by atoms with Crippen molar-refractivity contribution in [2.75, 3.05) is 23.7 Å². The maximum Gasteiger partial charge on any atom is 0.240 e. The average molecular weight is 373 g/mol. The summed E-state index contributed by atoms with van der Waals surface area (Å²) in [4.78, 5) is 12.3. The molecule has 0 spiro atoms. The second-order valence-corrected chi connectivity index (χ2v) is 8.78. The molecule has 1 fully saturated rings. The van der Waals surface area contributed by atoms with Gasteiger partial charge in [-0.25, -0.2) is 8.42 Å². The lowest BCUT2D eigenvalue weighted by atomic mass is 9.89. The molecule has 1 aromatic carbocycles. The van der Waals surface area contributed by atoms with E-state index in [0.29, 0.717) is 28.7 Å². The van der Waals surface area contributed by atoms with Gasteiger partial charge in [0.15, 0.2) is 0 Å². The summed E-state index contributed by atoms with van der Waals surface area (Å²) >= 11 is 6.09. The highest BCUT2D eigenvalue weighted by atomic mass is 35.5. The third-order valence-corrected chi connectivity index (χ3v) is 6.04. The Bertz CT molecular complexity index is 685. The van der Waals surface area contributed by atoms with Crippen molar-refractivity contribution in [3.8, 4) is 0 Å². The van der Waals surface area contributed by atoms with Gasteiger partial charge in [-0.05, 0) is 43.4 Å². The lowest BCUT2D eigenvalue weighted by molar-refractivity contribution is -0.119. The fourth-order valence-electron chi connectivity index (χ4n) is 3.08. The zero-order valence-corrected chi connectivity index (χ0v) is 15.8. The van der Waals surface area contributed by atoms with Crippen molar-refractivity contribution >= 4 is 33.2 Å². The summed E-state index contributed by atoms with van der Waals surface area (Å²) in [6.45, 7) is 2.13. The first-order valence-corrected chi connectivity index (χ1v) is 10.5. The maximum atomic E-state index is 12.3. The minimum atomic E-state index is -3.58. The summed E-state index contributed by atoms with van der Waals surface area (Å²) in [7, 11) is -3.58. The molecule has 2 rings (SSSR count). The van der Waals surface area contributed by atoms with Gasteiger partial charge in [-0.1, -0.05) is 36.9 Å². The van der Waals surface area contributed by atoms with Crippen LogP contribution < -0.4 is 9.62 Å². The van der Waals surface area contributed by atoms with Gasteiger partial charge in [-0.15, -0.1) is 0 Å². The van der Waals surface area contributed by atoms with Gasteiger partial charge in [-0.2, -0.15) is 0 Å². The first kappa shape index (κ1) is 19.1. The molecule has 7 heteroatoms. The van der Waals surface area contributed by atoms with Crippen molar-refractivity contribution in [1.82, 2.24) is 5.32 Å². The number of sulfonamides is 1. The van der Waals surface area contributed by atoms with Crippen LogP contribution in [0.15, 0.2) is 18.2 Å². The van der Waals surface area contributed by atoms with Crippen LogP contribution in [0.3, 0.4) is 0 Å². The molecule has 0 heterocycles. The van der Waals surface area contributed by atoms with E-state index in [1.54, 1.807) is 25.1 Å². The van der Waals surface area contributed by atoms with Gasteiger partial charge < -0.3 is 5.32 Å². The van der Waals surface area contributed by atoms with Crippen LogP contribution in [0.2, 0.25) is 5.02 Å². The number of halogens is 1. The Balaban J connectivity index is 2.06. The number of anilines is 1. The third kappa shape index (κ3) is 5.11. The van der Waals surface area contributed by atoms with Gasteiger partial charge in [0.05, 0.1) is 11.9 Å². The molecule has 0 aromatic heterocycles. The topological polar surface area (TPSA) is 66.5 Å². The zero-order valence-electron chi connectivity index (χ0n) is 14.2. The first-order chi connectivity index (χ1) is 11.3. The summed E-state index contributed by atoms with van der Waals surface area (Å²) in [6.07, 6.45) is 7.03. The second-order valence-electron chi connectivity index (χ2n) is 6.46. The highest BCUT2D eigenvalue weighted by Gasteiger charge is 2.23. The predicted molar refractivity (Wildman–Crippen MR) is 98.0 cm³/mol. The van der Waals surface area contributed by atoms with E-state index in [1.807, 2.05) is 0 Å². The number of nitrogens with one attached hydrogen (secondary N) is 1. The number of hydrogen-bond donors (Lipinski definition) is 1. The number of amides is 1. The largest absolute Gasteiger partial charge is 0.354 e. The lowest BCUT2D eigenvalue weighted by Gasteiger charge is -2.25. The van der Waals surface area contributed by atoms with E-state index in [-0.39, 0.29) is 12.5 Å². The van der Waals surface area contributed by atoms with Crippen molar-refractivity contribution in [3.05, 3.63) is 28.8 Å². The van der Waals surface area contributed by atoms with Crippen LogP contribution in [-0.4, -0.2) is 33.7 Å². The zero-order chi connectivity index (χ0) is 17.7. The SMILES string of the molecule is Cc1c(Cl)cccc1N(CC(=O)NCC1CCCCC1)S(C)(=O)=O. The molecule has 1 N–H and O–H groups in total. The summed E-state index contributed by atoms with van der Waals surface area (Å²) in [5.74, 6) is 0.215. The molecule has 24 heavy (non-hydrogen) atoms. The van der Waals surface area contributed by atoms with Gasteiger partial charge in [0.2, 0.25) is 15.9 Å². The molecule has 0 radical (unpaired) electrons. The number of nitrogens with zero attached hydrogens (tertiary/aromatic N) is 1. The van der Waals surface area contributed by atoms with E-state index >= 15 is 0 Å². The van der Waals surface area contributed by atoms with E-state index in [0.717, 1.165) is 23.4 Å². The minimum absolute atomic E-state index is 0.229. The normalized spacial score (nSPS) is 16.0. The lowest BCUT2D eigenvalue weighted by Crippen LogP contribution is -2.42. The van der Waals surface area contributed by atoms with Crippen LogP contribution in [0, 0.1) is 12.8 Å². The first-order valence-electron chi connectivity index (χ1n) is 8.28. The van der Waals surface area contributed by atoms with Gasteiger partial charge >= 0.3 is 0 Å². The molecule has 1 aliphatic carbocycles. The van der Waals surface area contributed by atoms with Gasteiger partial charge in [-0.3, -0.25) is 9.10 Å². The fourth-order valence-corrected chi connectivity index (χ4v) is 4.16. The van der Waals surface area contributed by atoms with Crippen molar-refractivity contribution < 1.29 is 13.2 Å². The van der Waals surface area contributed by atoms with E-state index in [4.69, 9.17) is 11.6 Å². The van der Waals surface area contributed by atoms with Gasteiger partial charge in [0, 0.05) is 11.6 Å². The fraction of sp³-hybridized carbons (Fsp3) is 0.588. The van der Waals surface area contributed by atoms with E-state index in [2.05, 4.69) is 5.32 Å². The predicted octanol–water partition coefficient (Wildman–Crippen LogP) is 3.11. The van der Waals surface area contributed by atoms with Crippen LogP contribution >= 0.6 is 11.6 Å². The number of benzene rings is 1. The molecule has 0 saturated heterocycles. The quantitative estimate of drug-likeness (QED) is 0.834. The molecule has 0 atom stereocenters. The van der Waals surface area contributed by atoms with E-state index < -0.39 is 10.0 Å². The molecule has 134 valence electrons. The van der Waals surface area contributed by atoms with E-state index in [1.165, 1.54) is 19.3 Å². The van der Waals surface area contributed by atoms with Crippen LogP contribution in [0.4, 0.5) is 5.69 Å². The molecule has 0 bridgehead atoms. The average Bonchev–Trinajstić information content (AvgIpc) is 2.53. The molecule has 1 aromatic rings. The van der Waals surface area contributed by atoms with Crippen LogP contribution in [0.5, 0.6) is 0 Å². The smallest absolute Gasteiger partial charge is 0.240 e. The Kier molecular flexibility index (Phi) is 6.52. The van der Waals surface area contributed by atoms with Gasteiger partial charge in [0.25, 0.3) is 0 Å². The number of hydrogen-bond acceptors (Lipinski definition) is 3. The molecule has 0 aliphatic heterocycles. The van der Waals surface area contributed by atoms with Crippen LogP contribution in [0.1, 0.15) is 37.7 Å². The van der Waals surface area contributed by atoms with E-state index in [9.17, 15) is 13.2 Å². The van der Waals surface area contributed by atoms with Crippen molar-refractivity contribution in [1.29, 1.82) is 0 Å². The molecule has 5 nitrogen and oxygen atoms in total. The Hall–Kier alpha value is -1.27. The third-order valence-electron chi connectivity index (χ3n) is 4.51. The van der Waals surface area contributed by atoms with Crippen molar-refractivity contribution in [2.45, 2.75) is 39.0 Å². The van der Waals surface area contributed by atoms with Crippen LogP contribution in [-0.2, 0) is 14.8 Å². The number of carbonyl (C=O) groups is 1. The van der Waals surface area contributed by atoms with Gasteiger partial charge in [0.1, 0.15) is 6.54 Å². The summed E-state index contributed by atoms with van der Waals surface area (Å²) in [6, 6.07) is 5.05. The standard InChI is InChI=1S/C17H25ClN2O3S/c1-13-15(18)9-6-10-16(13)20(24(2,22)23)12-17(21)19-11-14-7-4-3-5-8-14/h6,9-10,14H,3-5,7-8,11-12H2,1-2H3,(H,19,21). The Morgan fingerprint density at radius 3 is 2.58 bits per heavy atom. The molecule has 0 unspecified atom stereocenters. The Morgan fingerprint density at radius 2 is 1.96 bits per heavy atom. The van der Waals surface area contributed by atoms with Crippen molar-refractivity contribution in [2.24, 2.45) is 5.92 Å². The molecule has 1 saturated carbocycles. The van der Waals surface area contributed by atoms with Crippen LogP contribution in [0.25, 0.3) is 0 Å². The summed E-state index contributed by atoms with van der Waals surface area (Å²) in [5.41, 5.74) is 1.09. The number of rotatable bonds is 6. The highest BCUT2D eigenvalue weighted by molar-refractivity contribution is 7.92. The monoisotopic (exact) mass is 372 g/mol. The highest BCUT2D eigenvalue weighted by Crippen LogP contribution is 2.28. The summed E-state index contributed by atoms with van der Waals surface area (Å²) in [5, 5.41) is 3.36. The Labute approximate surface area is 149 Å². The summed E-state index contributed by atoms with van der Waals surface area (Å²) < 4.78 is 25.4. The second kappa shape index (κ2) is 8.21. The molecular weight excluding hydrogens is 348 g/mol.